The third-order valence-corrected chi connectivity index (χ3v) is 3.95. The second-order valence-electron chi connectivity index (χ2n) is 6.02. The van der Waals surface area contributed by atoms with Crippen molar-refractivity contribution in [1.29, 1.82) is 0 Å². The zero-order valence-electron chi connectivity index (χ0n) is 14.8. The fourth-order valence-electron chi connectivity index (χ4n) is 2.69. The maximum absolute atomic E-state index is 5.79. The van der Waals surface area contributed by atoms with E-state index in [2.05, 4.69) is 44.2 Å². The summed E-state index contributed by atoms with van der Waals surface area (Å²) < 4.78 is 7.40. The first-order chi connectivity index (χ1) is 12.2. The predicted octanol–water partition coefficient (Wildman–Crippen LogP) is 2.47. The summed E-state index contributed by atoms with van der Waals surface area (Å²) in [6.45, 7) is 7.86. The van der Waals surface area contributed by atoms with Crippen LogP contribution in [0.2, 0.25) is 0 Å². The molecule has 0 radical (unpaired) electrons. The van der Waals surface area contributed by atoms with E-state index in [0.717, 1.165) is 30.8 Å². The van der Waals surface area contributed by atoms with Crippen molar-refractivity contribution in [1.82, 2.24) is 29.7 Å². The third-order valence-electron chi connectivity index (χ3n) is 3.95. The van der Waals surface area contributed by atoms with Gasteiger partial charge in [0.1, 0.15) is 12.1 Å². The Morgan fingerprint density at radius 1 is 1.16 bits per heavy atom. The van der Waals surface area contributed by atoms with Gasteiger partial charge in [-0.25, -0.2) is 19.9 Å². The van der Waals surface area contributed by atoms with Gasteiger partial charge in [0, 0.05) is 25.5 Å². The lowest BCUT2D eigenvalue weighted by molar-refractivity contribution is 0.0272. The fourth-order valence-corrected chi connectivity index (χ4v) is 2.69. The van der Waals surface area contributed by atoms with E-state index in [-0.39, 0.29) is 6.10 Å². The summed E-state index contributed by atoms with van der Waals surface area (Å²) in [5.41, 5.74) is 0.675. The van der Waals surface area contributed by atoms with Crippen LogP contribution in [0.3, 0.4) is 0 Å². The minimum atomic E-state index is 0.232. The normalized spacial score (nSPS) is 12.6. The Morgan fingerprint density at radius 2 is 1.96 bits per heavy atom. The van der Waals surface area contributed by atoms with Crippen LogP contribution in [0, 0.1) is 5.92 Å². The molecule has 3 aromatic heterocycles. The molecule has 3 aromatic rings. The summed E-state index contributed by atoms with van der Waals surface area (Å²) >= 11 is 0. The van der Waals surface area contributed by atoms with E-state index in [1.54, 1.807) is 29.3 Å². The molecule has 3 heterocycles. The van der Waals surface area contributed by atoms with E-state index >= 15 is 0 Å². The molecule has 0 saturated heterocycles. The van der Waals surface area contributed by atoms with Crippen molar-refractivity contribution in [2.24, 2.45) is 5.92 Å². The Kier molecular flexibility index (Phi) is 5.49. The van der Waals surface area contributed by atoms with Crippen molar-refractivity contribution in [3.63, 3.8) is 0 Å². The molecule has 0 aromatic carbocycles. The highest BCUT2D eigenvalue weighted by Crippen LogP contribution is 2.20. The zero-order valence-corrected chi connectivity index (χ0v) is 14.8. The molecule has 0 bridgehead atoms. The molecule has 8 nitrogen and oxygen atoms in total. The molecule has 132 valence electrons. The third kappa shape index (κ3) is 3.90. The van der Waals surface area contributed by atoms with Crippen molar-refractivity contribution in [3.8, 4) is 5.95 Å². The van der Waals surface area contributed by atoms with Crippen LogP contribution in [0.1, 0.15) is 27.2 Å². The molecule has 1 atom stereocenters. The highest BCUT2D eigenvalue weighted by Gasteiger charge is 2.15. The summed E-state index contributed by atoms with van der Waals surface area (Å²) in [6, 6.07) is 1.76. The number of nitrogens with one attached hydrogen (secondary N) is 1. The van der Waals surface area contributed by atoms with Gasteiger partial charge in [-0.05, 0) is 25.3 Å². The van der Waals surface area contributed by atoms with Crippen molar-refractivity contribution < 1.29 is 4.74 Å². The van der Waals surface area contributed by atoms with Crippen LogP contribution in [-0.4, -0.2) is 49.0 Å². The van der Waals surface area contributed by atoms with E-state index in [4.69, 9.17) is 4.74 Å². The van der Waals surface area contributed by atoms with Crippen LogP contribution in [0.25, 0.3) is 17.0 Å². The van der Waals surface area contributed by atoms with E-state index in [1.807, 2.05) is 6.92 Å². The molecule has 1 N–H and O–H groups in total. The first kappa shape index (κ1) is 17.2. The van der Waals surface area contributed by atoms with Crippen LogP contribution in [-0.2, 0) is 4.74 Å². The molecule has 0 saturated carbocycles. The molecule has 0 aliphatic heterocycles. The fraction of sp³-hybridized carbons (Fsp3) is 0.471. The minimum Gasteiger partial charge on any atom is -0.378 e. The summed E-state index contributed by atoms with van der Waals surface area (Å²) in [6.07, 6.45) is 7.75. The minimum absolute atomic E-state index is 0.232. The van der Waals surface area contributed by atoms with Gasteiger partial charge < -0.3 is 10.1 Å². The van der Waals surface area contributed by atoms with Crippen LogP contribution in [0.5, 0.6) is 0 Å². The highest BCUT2D eigenvalue weighted by atomic mass is 16.5. The van der Waals surface area contributed by atoms with Gasteiger partial charge in [-0.15, -0.1) is 0 Å². The maximum Gasteiger partial charge on any atom is 0.252 e. The molecule has 25 heavy (non-hydrogen) atoms. The van der Waals surface area contributed by atoms with Crippen LogP contribution >= 0.6 is 0 Å². The summed E-state index contributed by atoms with van der Waals surface area (Å²) in [7, 11) is 0. The molecule has 8 heteroatoms. The average molecular weight is 341 g/mol. The number of nitrogens with zero attached hydrogens (tertiary/aromatic N) is 6. The molecule has 0 spiro atoms. The number of hydrogen-bond acceptors (Lipinski definition) is 7. The predicted molar refractivity (Wildman–Crippen MR) is 95.6 cm³/mol. The molecule has 0 aliphatic carbocycles. The summed E-state index contributed by atoms with van der Waals surface area (Å²) in [4.78, 5) is 17.1. The Morgan fingerprint density at radius 3 is 2.68 bits per heavy atom. The number of rotatable bonds is 8. The van der Waals surface area contributed by atoms with Gasteiger partial charge in [0.15, 0.2) is 5.65 Å². The van der Waals surface area contributed by atoms with Crippen molar-refractivity contribution in [3.05, 3.63) is 31.0 Å². The molecular formula is C17H23N7O. The molecule has 0 amide bonds. The lowest BCUT2D eigenvalue weighted by atomic mass is 10.0. The van der Waals surface area contributed by atoms with Crippen molar-refractivity contribution >= 4 is 16.9 Å². The molecule has 0 fully saturated rings. The van der Waals surface area contributed by atoms with Crippen LogP contribution in [0.15, 0.2) is 31.0 Å². The van der Waals surface area contributed by atoms with Gasteiger partial charge in [-0.1, -0.05) is 13.8 Å². The molecular weight excluding hydrogens is 318 g/mol. The van der Waals surface area contributed by atoms with Gasteiger partial charge in [0.25, 0.3) is 5.95 Å². The quantitative estimate of drug-likeness (QED) is 0.673. The average Bonchev–Trinajstić information content (AvgIpc) is 3.06. The number of ether oxygens (including phenoxy) is 1. The molecule has 3 rings (SSSR count). The number of hydrogen-bond donors (Lipinski definition) is 1. The van der Waals surface area contributed by atoms with E-state index in [1.165, 1.54) is 6.33 Å². The first-order valence-electron chi connectivity index (χ1n) is 8.52. The molecule has 1 unspecified atom stereocenters. The second-order valence-corrected chi connectivity index (χ2v) is 6.02. The van der Waals surface area contributed by atoms with Gasteiger partial charge in [-0.2, -0.15) is 9.78 Å². The number of aromatic nitrogens is 6. The van der Waals surface area contributed by atoms with E-state index in [9.17, 15) is 0 Å². The standard InChI is InChI=1S/C17H23N7O/c1-4-25-14(12(2)3)6-9-18-15-13-10-23-24(16(13)22-11-21-15)17-19-7-5-8-20-17/h5,7-8,10-12,14H,4,6,9H2,1-3H3,(H,18,21,22). The zero-order chi connectivity index (χ0) is 17.6. The Labute approximate surface area is 146 Å². The summed E-state index contributed by atoms with van der Waals surface area (Å²) in [5, 5.41) is 8.56. The Balaban J connectivity index is 1.76. The van der Waals surface area contributed by atoms with Gasteiger partial charge >= 0.3 is 0 Å². The van der Waals surface area contributed by atoms with E-state index < -0.39 is 0 Å². The first-order valence-corrected chi connectivity index (χ1v) is 8.52. The lowest BCUT2D eigenvalue weighted by Gasteiger charge is -2.21. The Hall–Kier alpha value is -2.61. The number of fused-ring (bicyclic) bond motifs is 1. The maximum atomic E-state index is 5.79. The van der Waals surface area contributed by atoms with Crippen LogP contribution in [0.4, 0.5) is 5.82 Å². The van der Waals surface area contributed by atoms with Crippen LogP contribution < -0.4 is 5.32 Å². The summed E-state index contributed by atoms with van der Waals surface area (Å²) in [5.74, 6) is 1.72. The van der Waals surface area contributed by atoms with E-state index in [0.29, 0.717) is 17.5 Å². The topological polar surface area (TPSA) is 90.6 Å². The lowest BCUT2D eigenvalue weighted by Crippen LogP contribution is -2.23. The van der Waals surface area contributed by atoms with Gasteiger partial charge in [-0.3, -0.25) is 0 Å². The van der Waals surface area contributed by atoms with Crippen molar-refractivity contribution in [2.75, 3.05) is 18.5 Å². The smallest absolute Gasteiger partial charge is 0.252 e. The molecule has 0 aliphatic rings. The van der Waals surface area contributed by atoms with Crippen molar-refractivity contribution in [2.45, 2.75) is 33.3 Å². The second kappa shape index (κ2) is 7.98. The van der Waals surface area contributed by atoms with Gasteiger partial charge in [0.2, 0.25) is 0 Å². The highest BCUT2D eigenvalue weighted by molar-refractivity contribution is 5.86. The SMILES string of the molecule is CCOC(CCNc1ncnc2c1cnn2-c1ncccn1)C(C)C. The Bertz CT molecular complexity index is 803. The van der Waals surface area contributed by atoms with Gasteiger partial charge in [0.05, 0.1) is 17.7 Å². The number of anilines is 1. The largest absolute Gasteiger partial charge is 0.378 e. The monoisotopic (exact) mass is 341 g/mol.